The molecule has 1 aromatic carbocycles. The minimum absolute atomic E-state index is 0.191. The van der Waals surface area contributed by atoms with Gasteiger partial charge in [-0.15, -0.1) is 0 Å². The first kappa shape index (κ1) is 13.6. The molecule has 0 aliphatic rings. The Morgan fingerprint density at radius 3 is 2.29 bits per heavy atom. The predicted octanol–water partition coefficient (Wildman–Crippen LogP) is 3.59. The van der Waals surface area contributed by atoms with E-state index in [0.29, 0.717) is 12.8 Å². The topological polar surface area (TPSA) is 26.3 Å². The Balaban J connectivity index is 3.14. The van der Waals surface area contributed by atoms with Crippen LogP contribution in [0.3, 0.4) is 0 Å². The van der Waals surface area contributed by atoms with E-state index in [1.165, 1.54) is 7.11 Å². The van der Waals surface area contributed by atoms with E-state index in [2.05, 4.69) is 4.74 Å². The summed E-state index contributed by atoms with van der Waals surface area (Å²) in [7, 11) is 1.25. The quantitative estimate of drug-likeness (QED) is 0.737. The summed E-state index contributed by atoms with van der Waals surface area (Å²) in [6, 6.07) is 1.82. The van der Waals surface area contributed by atoms with Gasteiger partial charge in [0, 0.05) is 12.0 Å². The highest BCUT2D eigenvalue weighted by Crippen LogP contribution is 2.24. The van der Waals surface area contributed by atoms with Gasteiger partial charge in [0.25, 0.3) is 0 Å². The molecule has 0 amide bonds. The van der Waals surface area contributed by atoms with E-state index in [0.717, 1.165) is 12.1 Å². The van der Waals surface area contributed by atoms with Crippen molar-refractivity contribution in [2.75, 3.05) is 7.11 Å². The zero-order valence-corrected chi connectivity index (χ0v) is 10.2. The van der Waals surface area contributed by atoms with Gasteiger partial charge >= 0.3 is 0 Å². The van der Waals surface area contributed by atoms with Gasteiger partial charge in [-0.3, -0.25) is 4.79 Å². The van der Waals surface area contributed by atoms with Crippen LogP contribution in [-0.2, 0) is 0 Å². The fourth-order valence-corrected chi connectivity index (χ4v) is 1.75. The number of hydrogen-bond acceptors (Lipinski definition) is 2. The van der Waals surface area contributed by atoms with Gasteiger partial charge in [-0.25, -0.2) is 8.78 Å². The number of carbonyl (C=O) groups excluding carboxylic acids is 1. The summed E-state index contributed by atoms with van der Waals surface area (Å²) in [5.74, 6) is -2.27. The number of ether oxygens (including phenoxy) is 1. The van der Waals surface area contributed by atoms with E-state index >= 15 is 0 Å². The molecule has 0 aromatic heterocycles. The van der Waals surface area contributed by atoms with Crippen molar-refractivity contribution in [3.05, 3.63) is 29.3 Å². The van der Waals surface area contributed by atoms with Gasteiger partial charge in [-0.2, -0.15) is 0 Å². The first-order chi connectivity index (χ1) is 8.04. The van der Waals surface area contributed by atoms with Crippen LogP contribution in [0.15, 0.2) is 12.1 Å². The first-order valence-corrected chi connectivity index (χ1v) is 5.62. The molecule has 0 N–H and O–H groups in total. The molecule has 0 bridgehead atoms. The van der Waals surface area contributed by atoms with Gasteiger partial charge in [-0.05, 0) is 18.9 Å². The number of rotatable bonds is 5. The lowest BCUT2D eigenvalue weighted by Crippen LogP contribution is -2.15. The molecule has 2 nitrogen and oxygen atoms in total. The van der Waals surface area contributed by atoms with Gasteiger partial charge in [0.15, 0.2) is 17.3 Å². The molecule has 1 rings (SSSR count). The zero-order valence-electron chi connectivity index (χ0n) is 10.2. The maximum absolute atomic E-state index is 13.6. The van der Waals surface area contributed by atoms with Crippen molar-refractivity contribution in [2.24, 2.45) is 5.92 Å². The van der Waals surface area contributed by atoms with E-state index in [1.807, 2.05) is 13.8 Å². The van der Waals surface area contributed by atoms with Crippen LogP contribution in [0, 0.1) is 17.6 Å². The average Bonchev–Trinajstić information content (AvgIpc) is 2.32. The third-order valence-electron chi connectivity index (χ3n) is 2.86. The molecule has 17 heavy (non-hydrogen) atoms. The van der Waals surface area contributed by atoms with Crippen molar-refractivity contribution in [1.29, 1.82) is 0 Å². The van der Waals surface area contributed by atoms with Crippen molar-refractivity contribution >= 4 is 5.78 Å². The largest absolute Gasteiger partial charge is 0.494 e. The van der Waals surface area contributed by atoms with E-state index in [1.54, 1.807) is 0 Å². The SMILES string of the molecule is CCC(CC)C(=O)c1cc(F)c(OC)cc1F. The monoisotopic (exact) mass is 242 g/mol. The van der Waals surface area contributed by atoms with Crippen molar-refractivity contribution < 1.29 is 18.3 Å². The Labute approximate surface area is 99.6 Å². The van der Waals surface area contributed by atoms with Gasteiger partial charge in [0.2, 0.25) is 0 Å². The van der Waals surface area contributed by atoms with Crippen LogP contribution < -0.4 is 4.74 Å². The van der Waals surface area contributed by atoms with Crippen LogP contribution >= 0.6 is 0 Å². The fraction of sp³-hybridized carbons (Fsp3) is 0.462. The highest BCUT2D eigenvalue weighted by molar-refractivity contribution is 5.98. The number of carbonyl (C=O) groups is 1. The van der Waals surface area contributed by atoms with Crippen molar-refractivity contribution in [1.82, 2.24) is 0 Å². The Hall–Kier alpha value is -1.45. The lowest BCUT2D eigenvalue weighted by molar-refractivity contribution is 0.0908. The second kappa shape index (κ2) is 5.75. The molecule has 94 valence electrons. The highest BCUT2D eigenvalue weighted by Gasteiger charge is 2.22. The lowest BCUT2D eigenvalue weighted by atomic mass is 9.92. The molecule has 0 aliphatic carbocycles. The summed E-state index contributed by atoms with van der Waals surface area (Å²) < 4.78 is 31.7. The van der Waals surface area contributed by atoms with Crippen molar-refractivity contribution in [3.8, 4) is 5.75 Å². The van der Waals surface area contributed by atoms with E-state index in [-0.39, 0.29) is 23.0 Å². The molecular formula is C13H16F2O2. The maximum Gasteiger partial charge on any atom is 0.168 e. The van der Waals surface area contributed by atoms with Gasteiger partial charge in [0.05, 0.1) is 12.7 Å². The number of halogens is 2. The van der Waals surface area contributed by atoms with Crippen molar-refractivity contribution in [3.63, 3.8) is 0 Å². The molecule has 0 unspecified atom stereocenters. The van der Waals surface area contributed by atoms with Crippen LogP contribution in [0.25, 0.3) is 0 Å². The first-order valence-electron chi connectivity index (χ1n) is 5.62. The number of benzene rings is 1. The van der Waals surface area contributed by atoms with Crippen LogP contribution in [-0.4, -0.2) is 12.9 Å². The van der Waals surface area contributed by atoms with Crippen LogP contribution in [0.2, 0.25) is 0 Å². The second-order valence-electron chi connectivity index (χ2n) is 3.84. The molecule has 0 heterocycles. The second-order valence-corrected chi connectivity index (χ2v) is 3.84. The van der Waals surface area contributed by atoms with Gasteiger partial charge in [0.1, 0.15) is 5.82 Å². The average molecular weight is 242 g/mol. The Bertz CT molecular complexity index is 412. The van der Waals surface area contributed by atoms with E-state index in [9.17, 15) is 13.6 Å². The molecule has 0 atom stereocenters. The van der Waals surface area contributed by atoms with Crippen LogP contribution in [0.4, 0.5) is 8.78 Å². The Morgan fingerprint density at radius 2 is 1.82 bits per heavy atom. The lowest BCUT2D eigenvalue weighted by Gasteiger charge is -2.12. The number of hydrogen-bond donors (Lipinski definition) is 0. The summed E-state index contributed by atoms with van der Waals surface area (Å²) >= 11 is 0. The summed E-state index contributed by atoms with van der Waals surface area (Å²) in [6.07, 6.45) is 1.23. The third-order valence-corrected chi connectivity index (χ3v) is 2.86. The molecule has 0 saturated heterocycles. The summed E-state index contributed by atoms with van der Waals surface area (Å²) in [6.45, 7) is 3.70. The Kier molecular flexibility index (Phi) is 4.61. The molecule has 0 saturated carbocycles. The number of methoxy groups -OCH3 is 1. The molecule has 1 aromatic rings. The minimum Gasteiger partial charge on any atom is -0.494 e. The predicted molar refractivity (Wildman–Crippen MR) is 61.3 cm³/mol. The third kappa shape index (κ3) is 2.81. The molecular weight excluding hydrogens is 226 g/mol. The summed E-state index contributed by atoms with van der Waals surface area (Å²) in [5, 5.41) is 0. The molecule has 0 radical (unpaired) electrons. The van der Waals surface area contributed by atoms with E-state index < -0.39 is 11.6 Å². The van der Waals surface area contributed by atoms with Gasteiger partial charge in [-0.1, -0.05) is 13.8 Å². The Morgan fingerprint density at radius 1 is 1.24 bits per heavy atom. The highest BCUT2D eigenvalue weighted by atomic mass is 19.1. The maximum atomic E-state index is 13.6. The van der Waals surface area contributed by atoms with Crippen molar-refractivity contribution in [2.45, 2.75) is 26.7 Å². The molecule has 4 heteroatoms. The number of ketones is 1. The minimum atomic E-state index is -0.736. The number of Topliss-reactive ketones (excluding diaryl/α,β-unsaturated/α-hetero) is 1. The molecule has 0 aliphatic heterocycles. The fourth-order valence-electron chi connectivity index (χ4n) is 1.75. The van der Waals surface area contributed by atoms with Crippen LogP contribution in [0.1, 0.15) is 37.0 Å². The standard InChI is InChI=1S/C13H16F2O2/c1-4-8(5-2)13(16)9-6-11(15)12(17-3)7-10(9)14/h6-8H,4-5H2,1-3H3. The molecule has 0 fully saturated rings. The zero-order chi connectivity index (χ0) is 13.0. The smallest absolute Gasteiger partial charge is 0.168 e. The van der Waals surface area contributed by atoms with Crippen LogP contribution in [0.5, 0.6) is 5.75 Å². The van der Waals surface area contributed by atoms with E-state index in [4.69, 9.17) is 0 Å². The molecule has 0 spiro atoms. The summed E-state index contributed by atoms with van der Waals surface area (Å²) in [4.78, 5) is 11.9. The van der Waals surface area contributed by atoms with Gasteiger partial charge < -0.3 is 4.74 Å². The normalized spacial score (nSPS) is 10.7. The summed E-state index contributed by atoms with van der Waals surface area (Å²) in [5.41, 5.74) is -0.197.